The number of nitrogens with two attached hydrogens (primary N) is 1. The largest absolute Gasteiger partial charge is 0.489 e. The van der Waals surface area contributed by atoms with E-state index >= 15 is 0 Å². The Kier molecular flexibility index (Phi) is 4.56. The molecule has 2 N–H and O–H groups in total. The van der Waals surface area contributed by atoms with Crippen LogP contribution in [0.3, 0.4) is 0 Å². The fourth-order valence-electron chi connectivity index (χ4n) is 1.77. The minimum atomic E-state index is -0.252. The molecule has 2 nitrogen and oxygen atoms in total. The molecule has 19 heavy (non-hydrogen) atoms. The van der Waals surface area contributed by atoms with Gasteiger partial charge in [0.2, 0.25) is 0 Å². The molecule has 0 aliphatic carbocycles. The normalized spacial score (nSPS) is 10.5. The number of hydrogen-bond donors (Lipinski definition) is 1. The van der Waals surface area contributed by atoms with Crippen molar-refractivity contribution in [3.63, 3.8) is 0 Å². The zero-order valence-corrected chi connectivity index (χ0v) is 12.2. The first kappa shape index (κ1) is 14.0. The third kappa shape index (κ3) is 3.55. The summed E-state index contributed by atoms with van der Waals surface area (Å²) in [6.45, 7) is 2.76. The maximum Gasteiger partial charge on any atom is 0.123 e. The molecule has 0 aliphatic rings. The van der Waals surface area contributed by atoms with Gasteiger partial charge in [-0.05, 0) is 42.3 Å². The molecule has 0 amide bonds. The number of benzene rings is 2. The van der Waals surface area contributed by atoms with Crippen molar-refractivity contribution in [3.05, 3.63) is 63.4 Å². The van der Waals surface area contributed by atoms with E-state index in [1.807, 2.05) is 25.1 Å². The summed E-state index contributed by atoms with van der Waals surface area (Å²) in [5.41, 5.74) is 8.46. The van der Waals surface area contributed by atoms with Gasteiger partial charge in [-0.3, -0.25) is 0 Å². The Balaban J connectivity index is 2.10. The van der Waals surface area contributed by atoms with Crippen molar-refractivity contribution in [3.8, 4) is 5.75 Å². The zero-order valence-electron chi connectivity index (χ0n) is 10.6. The summed E-state index contributed by atoms with van der Waals surface area (Å²) < 4.78 is 19.7. The second kappa shape index (κ2) is 6.17. The molecule has 0 atom stereocenters. The highest BCUT2D eigenvalue weighted by Crippen LogP contribution is 2.23. The fourth-order valence-corrected chi connectivity index (χ4v) is 2.31. The van der Waals surface area contributed by atoms with E-state index in [0.717, 1.165) is 21.2 Å². The highest BCUT2D eigenvalue weighted by molar-refractivity contribution is 9.10. The quantitative estimate of drug-likeness (QED) is 0.925. The van der Waals surface area contributed by atoms with Gasteiger partial charge in [-0.15, -0.1) is 0 Å². The lowest BCUT2D eigenvalue weighted by Gasteiger charge is -2.11. The molecule has 0 aliphatic heterocycles. The SMILES string of the molecule is Cc1cc(F)ccc1OCc1ccc(CN)cc1Br. The van der Waals surface area contributed by atoms with Crippen LogP contribution >= 0.6 is 15.9 Å². The number of rotatable bonds is 4. The molecule has 0 spiro atoms. The molecule has 4 heteroatoms. The van der Waals surface area contributed by atoms with Crippen molar-refractivity contribution in [1.82, 2.24) is 0 Å². The summed E-state index contributed by atoms with van der Waals surface area (Å²) >= 11 is 3.50. The highest BCUT2D eigenvalue weighted by Gasteiger charge is 2.05. The van der Waals surface area contributed by atoms with E-state index in [4.69, 9.17) is 10.5 Å². The van der Waals surface area contributed by atoms with E-state index in [1.165, 1.54) is 12.1 Å². The highest BCUT2D eigenvalue weighted by atomic mass is 79.9. The third-order valence-electron chi connectivity index (χ3n) is 2.87. The van der Waals surface area contributed by atoms with Crippen molar-refractivity contribution < 1.29 is 9.13 Å². The van der Waals surface area contributed by atoms with Crippen LogP contribution in [-0.2, 0) is 13.2 Å². The molecule has 0 heterocycles. The van der Waals surface area contributed by atoms with Crippen LogP contribution < -0.4 is 10.5 Å². The van der Waals surface area contributed by atoms with Crippen LogP contribution in [0, 0.1) is 12.7 Å². The molecule has 2 rings (SSSR count). The van der Waals surface area contributed by atoms with Crippen LogP contribution in [0.5, 0.6) is 5.75 Å². The van der Waals surface area contributed by atoms with Crippen molar-refractivity contribution in [2.45, 2.75) is 20.1 Å². The van der Waals surface area contributed by atoms with Crippen LogP contribution in [0.2, 0.25) is 0 Å². The summed E-state index contributed by atoms with van der Waals surface area (Å²) in [6.07, 6.45) is 0. The Morgan fingerprint density at radius 3 is 2.63 bits per heavy atom. The van der Waals surface area contributed by atoms with Crippen LogP contribution in [-0.4, -0.2) is 0 Å². The first-order valence-electron chi connectivity index (χ1n) is 5.96. The van der Waals surface area contributed by atoms with Gasteiger partial charge in [-0.2, -0.15) is 0 Å². The van der Waals surface area contributed by atoms with Gasteiger partial charge in [0.05, 0.1) is 0 Å². The molecule has 0 bridgehead atoms. The molecular weight excluding hydrogens is 309 g/mol. The summed E-state index contributed by atoms with van der Waals surface area (Å²) in [4.78, 5) is 0. The molecule has 0 radical (unpaired) electrons. The van der Waals surface area contributed by atoms with Crippen molar-refractivity contribution in [2.24, 2.45) is 5.73 Å². The van der Waals surface area contributed by atoms with Gasteiger partial charge in [0, 0.05) is 16.6 Å². The average Bonchev–Trinajstić information content (AvgIpc) is 2.39. The van der Waals surface area contributed by atoms with Gasteiger partial charge in [0.1, 0.15) is 18.2 Å². The van der Waals surface area contributed by atoms with Crippen molar-refractivity contribution >= 4 is 15.9 Å². The van der Waals surface area contributed by atoms with E-state index in [9.17, 15) is 4.39 Å². The summed E-state index contributed by atoms with van der Waals surface area (Å²) in [7, 11) is 0. The predicted molar refractivity (Wildman–Crippen MR) is 77.5 cm³/mol. The van der Waals surface area contributed by atoms with Crippen LogP contribution in [0.15, 0.2) is 40.9 Å². The number of halogens is 2. The maximum absolute atomic E-state index is 13.0. The van der Waals surface area contributed by atoms with Crippen LogP contribution in [0.25, 0.3) is 0 Å². The lowest BCUT2D eigenvalue weighted by molar-refractivity contribution is 0.303. The summed E-state index contributed by atoms with van der Waals surface area (Å²) in [6, 6.07) is 10.4. The molecule has 100 valence electrons. The van der Waals surface area contributed by atoms with Gasteiger partial charge in [-0.1, -0.05) is 28.1 Å². The molecule has 2 aromatic rings. The Bertz CT molecular complexity index is 586. The van der Waals surface area contributed by atoms with Gasteiger partial charge in [0.15, 0.2) is 0 Å². The second-order valence-electron chi connectivity index (χ2n) is 4.33. The maximum atomic E-state index is 13.0. The van der Waals surface area contributed by atoms with E-state index in [2.05, 4.69) is 15.9 Å². The summed E-state index contributed by atoms with van der Waals surface area (Å²) in [5.74, 6) is 0.439. The first-order valence-corrected chi connectivity index (χ1v) is 6.76. The number of aryl methyl sites for hydroxylation is 1. The fraction of sp³-hybridized carbons (Fsp3) is 0.200. The Labute approximate surface area is 120 Å². The Hall–Kier alpha value is -1.39. The smallest absolute Gasteiger partial charge is 0.123 e. The molecule has 0 saturated carbocycles. The third-order valence-corrected chi connectivity index (χ3v) is 3.61. The van der Waals surface area contributed by atoms with Gasteiger partial charge in [-0.25, -0.2) is 4.39 Å². The van der Waals surface area contributed by atoms with Crippen molar-refractivity contribution in [1.29, 1.82) is 0 Å². The van der Waals surface area contributed by atoms with E-state index in [1.54, 1.807) is 6.07 Å². The Morgan fingerprint density at radius 2 is 2.00 bits per heavy atom. The standard InChI is InChI=1S/C15H15BrFNO/c1-10-6-13(17)4-5-15(10)19-9-12-3-2-11(8-18)7-14(12)16/h2-7H,8-9,18H2,1H3. The van der Waals surface area contributed by atoms with Gasteiger partial charge in [0.25, 0.3) is 0 Å². The molecule has 0 saturated heterocycles. The molecule has 0 fully saturated rings. The van der Waals surface area contributed by atoms with Gasteiger partial charge < -0.3 is 10.5 Å². The van der Waals surface area contributed by atoms with E-state index in [-0.39, 0.29) is 5.82 Å². The van der Waals surface area contributed by atoms with Crippen LogP contribution in [0.4, 0.5) is 4.39 Å². The van der Waals surface area contributed by atoms with Crippen LogP contribution in [0.1, 0.15) is 16.7 Å². The summed E-state index contributed by atoms with van der Waals surface area (Å²) in [5, 5.41) is 0. The minimum Gasteiger partial charge on any atom is -0.489 e. The van der Waals surface area contributed by atoms with E-state index < -0.39 is 0 Å². The first-order chi connectivity index (χ1) is 9.10. The second-order valence-corrected chi connectivity index (χ2v) is 5.18. The average molecular weight is 324 g/mol. The van der Waals surface area contributed by atoms with Crippen molar-refractivity contribution in [2.75, 3.05) is 0 Å². The molecule has 0 aromatic heterocycles. The molecule has 0 unspecified atom stereocenters. The monoisotopic (exact) mass is 323 g/mol. The topological polar surface area (TPSA) is 35.2 Å². The molecule has 2 aromatic carbocycles. The lowest BCUT2D eigenvalue weighted by atomic mass is 10.1. The number of ether oxygens (including phenoxy) is 1. The van der Waals surface area contributed by atoms with E-state index in [0.29, 0.717) is 18.9 Å². The Morgan fingerprint density at radius 1 is 1.21 bits per heavy atom. The zero-order chi connectivity index (χ0) is 13.8. The molecular formula is C15H15BrFNO. The predicted octanol–water partition coefficient (Wildman–Crippen LogP) is 3.93. The minimum absolute atomic E-state index is 0.252. The van der Waals surface area contributed by atoms with Gasteiger partial charge >= 0.3 is 0 Å². The lowest BCUT2D eigenvalue weighted by Crippen LogP contribution is -2.01. The number of hydrogen-bond acceptors (Lipinski definition) is 2.